The maximum Gasteiger partial charge on any atom is 0.114 e. The predicted octanol–water partition coefficient (Wildman–Crippen LogP) is 3.90. The van der Waals surface area contributed by atoms with E-state index in [-0.39, 0.29) is 0 Å². The number of benzene rings is 1. The summed E-state index contributed by atoms with van der Waals surface area (Å²) in [6, 6.07) is 9.91. The molecule has 78 valence electrons. The van der Waals surface area contributed by atoms with Gasteiger partial charge >= 0.3 is 0 Å². The fraction of sp³-hybridized carbons (Fsp3) is 0.167. The van der Waals surface area contributed by atoms with Crippen molar-refractivity contribution < 1.29 is 5.11 Å². The average molecular weight is 283 g/mol. The summed E-state index contributed by atoms with van der Waals surface area (Å²) in [5.74, 6) is 0. The van der Waals surface area contributed by atoms with Gasteiger partial charge in [0, 0.05) is 4.47 Å². The number of thiophene rings is 1. The summed E-state index contributed by atoms with van der Waals surface area (Å²) in [6.45, 7) is 2.03. The molecule has 1 aromatic heterocycles. The minimum Gasteiger partial charge on any atom is -0.383 e. The Bertz CT molecular complexity index is 464. The highest BCUT2D eigenvalue weighted by Gasteiger charge is 2.14. The van der Waals surface area contributed by atoms with Crippen LogP contribution in [0.1, 0.15) is 22.1 Å². The molecule has 0 aliphatic rings. The summed E-state index contributed by atoms with van der Waals surface area (Å²) in [4.78, 5) is 0.959. The average Bonchev–Trinajstić information content (AvgIpc) is 2.63. The van der Waals surface area contributed by atoms with Crippen LogP contribution in [0, 0.1) is 6.92 Å². The smallest absolute Gasteiger partial charge is 0.114 e. The first-order chi connectivity index (χ1) is 7.18. The van der Waals surface area contributed by atoms with Crippen molar-refractivity contribution in [1.29, 1.82) is 0 Å². The maximum atomic E-state index is 10.2. The minimum absolute atomic E-state index is 0.528. The molecule has 15 heavy (non-hydrogen) atoms. The van der Waals surface area contributed by atoms with E-state index in [9.17, 15) is 5.11 Å². The lowest BCUT2D eigenvalue weighted by molar-refractivity contribution is 0.223. The lowest BCUT2D eigenvalue weighted by Gasteiger charge is -2.10. The predicted molar refractivity (Wildman–Crippen MR) is 67.3 cm³/mol. The molecule has 1 atom stereocenters. The number of hydrogen-bond donors (Lipinski definition) is 1. The zero-order valence-electron chi connectivity index (χ0n) is 8.27. The molecule has 1 unspecified atom stereocenters. The Labute approximate surface area is 102 Å². The maximum absolute atomic E-state index is 10.2. The van der Waals surface area contributed by atoms with E-state index in [1.807, 2.05) is 42.6 Å². The first kappa shape index (κ1) is 10.9. The van der Waals surface area contributed by atoms with Gasteiger partial charge in [-0.05, 0) is 39.9 Å². The Balaban J connectivity index is 2.36. The monoisotopic (exact) mass is 282 g/mol. The van der Waals surface area contributed by atoms with Crippen LogP contribution in [-0.4, -0.2) is 5.11 Å². The van der Waals surface area contributed by atoms with E-state index in [0.717, 1.165) is 14.9 Å². The third-order valence-corrected chi connectivity index (χ3v) is 4.17. The van der Waals surface area contributed by atoms with Crippen LogP contribution < -0.4 is 0 Å². The van der Waals surface area contributed by atoms with Gasteiger partial charge < -0.3 is 5.11 Å². The van der Waals surface area contributed by atoms with Gasteiger partial charge in [-0.25, -0.2) is 0 Å². The molecule has 2 rings (SSSR count). The first-order valence-corrected chi connectivity index (χ1v) is 6.33. The molecule has 0 radical (unpaired) electrons. The van der Waals surface area contributed by atoms with Crippen LogP contribution in [0.4, 0.5) is 0 Å². The summed E-state index contributed by atoms with van der Waals surface area (Å²) in [7, 11) is 0. The van der Waals surface area contributed by atoms with E-state index in [4.69, 9.17) is 0 Å². The van der Waals surface area contributed by atoms with Crippen LogP contribution in [0.5, 0.6) is 0 Å². The van der Waals surface area contributed by atoms with Crippen LogP contribution in [0.15, 0.2) is 40.2 Å². The van der Waals surface area contributed by atoms with Crippen LogP contribution in [0.3, 0.4) is 0 Å². The zero-order chi connectivity index (χ0) is 10.8. The Hall–Kier alpha value is -0.640. The van der Waals surface area contributed by atoms with Gasteiger partial charge in [0.1, 0.15) is 6.10 Å². The molecule has 0 saturated carbocycles. The number of rotatable bonds is 2. The highest BCUT2D eigenvalue weighted by molar-refractivity contribution is 9.10. The number of aliphatic hydroxyl groups is 1. The molecule has 1 aromatic carbocycles. The summed E-state index contributed by atoms with van der Waals surface area (Å²) in [6.07, 6.45) is -0.528. The van der Waals surface area contributed by atoms with Gasteiger partial charge in [-0.15, -0.1) is 11.3 Å². The Morgan fingerprint density at radius 3 is 2.73 bits per heavy atom. The summed E-state index contributed by atoms with van der Waals surface area (Å²) in [5.41, 5.74) is 2.11. The number of aliphatic hydroxyl groups excluding tert-OH is 1. The van der Waals surface area contributed by atoms with Gasteiger partial charge in [0.15, 0.2) is 0 Å². The molecule has 3 heteroatoms. The second-order valence-corrected chi connectivity index (χ2v) is 5.25. The molecule has 0 fully saturated rings. The van der Waals surface area contributed by atoms with E-state index in [1.54, 1.807) is 11.3 Å². The standard InChI is InChI=1S/C12H11BrOS/c1-8-3-2-4-9(7-8)11(14)12-10(13)5-6-15-12/h2-7,11,14H,1H3. The van der Waals surface area contributed by atoms with E-state index >= 15 is 0 Å². The van der Waals surface area contributed by atoms with Crippen molar-refractivity contribution in [2.75, 3.05) is 0 Å². The second kappa shape index (κ2) is 4.47. The van der Waals surface area contributed by atoms with Crippen molar-refractivity contribution >= 4 is 27.3 Å². The summed E-state index contributed by atoms with van der Waals surface area (Å²) in [5, 5.41) is 12.1. The number of hydrogen-bond acceptors (Lipinski definition) is 2. The molecular weight excluding hydrogens is 272 g/mol. The lowest BCUT2D eigenvalue weighted by Crippen LogP contribution is -1.97. The quantitative estimate of drug-likeness (QED) is 0.886. The zero-order valence-corrected chi connectivity index (χ0v) is 10.7. The van der Waals surface area contributed by atoms with Crippen LogP contribution in [0.2, 0.25) is 0 Å². The van der Waals surface area contributed by atoms with Crippen LogP contribution in [0.25, 0.3) is 0 Å². The van der Waals surface area contributed by atoms with Crippen molar-refractivity contribution in [3.05, 3.63) is 56.2 Å². The third kappa shape index (κ3) is 2.30. The summed E-state index contributed by atoms with van der Waals surface area (Å²) >= 11 is 4.99. The largest absolute Gasteiger partial charge is 0.383 e. The second-order valence-electron chi connectivity index (χ2n) is 3.45. The van der Waals surface area contributed by atoms with Crippen molar-refractivity contribution in [2.24, 2.45) is 0 Å². The normalized spacial score (nSPS) is 12.7. The van der Waals surface area contributed by atoms with Gasteiger partial charge in [-0.3, -0.25) is 0 Å². The van der Waals surface area contributed by atoms with E-state index in [1.165, 1.54) is 5.56 Å². The Morgan fingerprint density at radius 1 is 1.33 bits per heavy atom. The van der Waals surface area contributed by atoms with Crippen molar-refractivity contribution in [1.82, 2.24) is 0 Å². The molecule has 0 aliphatic carbocycles. The molecule has 1 nitrogen and oxygen atoms in total. The number of aryl methyl sites for hydroxylation is 1. The molecule has 0 aliphatic heterocycles. The molecule has 0 spiro atoms. The van der Waals surface area contributed by atoms with Gasteiger partial charge in [0.2, 0.25) is 0 Å². The van der Waals surface area contributed by atoms with E-state index in [2.05, 4.69) is 15.9 Å². The van der Waals surface area contributed by atoms with Crippen LogP contribution in [-0.2, 0) is 0 Å². The first-order valence-electron chi connectivity index (χ1n) is 4.66. The Kier molecular flexibility index (Phi) is 3.24. The SMILES string of the molecule is Cc1cccc(C(O)c2sccc2Br)c1. The molecular formula is C12H11BrOS. The van der Waals surface area contributed by atoms with Gasteiger partial charge in [-0.1, -0.05) is 29.8 Å². The molecule has 0 amide bonds. The molecule has 1 N–H and O–H groups in total. The third-order valence-electron chi connectivity index (χ3n) is 2.25. The van der Waals surface area contributed by atoms with E-state index in [0.29, 0.717) is 0 Å². The Morgan fingerprint density at radius 2 is 2.13 bits per heavy atom. The van der Waals surface area contributed by atoms with Crippen molar-refractivity contribution in [3.63, 3.8) is 0 Å². The molecule has 0 bridgehead atoms. The highest BCUT2D eigenvalue weighted by Crippen LogP contribution is 2.33. The van der Waals surface area contributed by atoms with Crippen LogP contribution >= 0.6 is 27.3 Å². The fourth-order valence-electron chi connectivity index (χ4n) is 1.49. The molecule has 0 saturated heterocycles. The topological polar surface area (TPSA) is 20.2 Å². The highest BCUT2D eigenvalue weighted by atomic mass is 79.9. The number of halogens is 1. The lowest BCUT2D eigenvalue weighted by atomic mass is 10.1. The fourth-order valence-corrected chi connectivity index (χ4v) is 3.09. The molecule has 2 aromatic rings. The molecule has 1 heterocycles. The minimum atomic E-state index is -0.528. The van der Waals surface area contributed by atoms with Gasteiger partial charge in [-0.2, -0.15) is 0 Å². The summed E-state index contributed by atoms with van der Waals surface area (Å²) < 4.78 is 0.974. The van der Waals surface area contributed by atoms with Crippen molar-refractivity contribution in [2.45, 2.75) is 13.0 Å². The van der Waals surface area contributed by atoms with E-state index < -0.39 is 6.10 Å². The van der Waals surface area contributed by atoms with Gasteiger partial charge in [0.05, 0.1) is 4.88 Å². The van der Waals surface area contributed by atoms with Gasteiger partial charge in [0.25, 0.3) is 0 Å². The van der Waals surface area contributed by atoms with Crippen molar-refractivity contribution in [3.8, 4) is 0 Å².